The van der Waals surface area contributed by atoms with Crippen molar-refractivity contribution in [2.75, 3.05) is 0 Å². The van der Waals surface area contributed by atoms with Gasteiger partial charge in [-0.15, -0.1) is 0 Å². The fourth-order valence-electron chi connectivity index (χ4n) is 3.14. The first-order valence-corrected chi connectivity index (χ1v) is 8.63. The van der Waals surface area contributed by atoms with Crippen molar-refractivity contribution in [3.8, 4) is 0 Å². The molecule has 2 atom stereocenters. The molecule has 1 N–H and O–H groups in total. The van der Waals surface area contributed by atoms with Gasteiger partial charge in [0, 0.05) is 33.9 Å². The molecule has 2 nitrogen and oxygen atoms in total. The molecule has 0 bridgehead atoms. The van der Waals surface area contributed by atoms with Crippen LogP contribution in [0.25, 0.3) is 0 Å². The molecular formula is C18H16Cl2F3NO. The van der Waals surface area contributed by atoms with E-state index in [9.17, 15) is 18.3 Å². The van der Waals surface area contributed by atoms with Gasteiger partial charge in [0.2, 0.25) is 0 Å². The number of alkyl halides is 3. The van der Waals surface area contributed by atoms with Gasteiger partial charge in [-0.05, 0) is 36.1 Å². The smallest absolute Gasteiger partial charge is 0.376 e. The molecule has 1 heterocycles. The number of pyridine rings is 1. The van der Waals surface area contributed by atoms with Crippen molar-refractivity contribution in [2.24, 2.45) is 5.92 Å². The van der Waals surface area contributed by atoms with Crippen molar-refractivity contribution in [3.63, 3.8) is 0 Å². The van der Waals surface area contributed by atoms with E-state index in [0.717, 1.165) is 19.0 Å². The second-order valence-electron chi connectivity index (χ2n) is 6.40. The molecule has 0 spiro atoms. The Labute approximate surface area is 153 Å². The molecule has 1 fully saturated rings. The molecule has 134 valence electrons. The first kappa shape index (κ1) is 18.5. The molecule has 1 aromatic heterocycles. The lowest BCUT2D eigenvalue weighted by atomic mass is 9.74. The van der Waals surface area contributed by atoms with Crippen LogP contribution in [0.5, 0.6) is 0 Å². The van der Waals surface area contributed by atoms with Gasteiger partial charge >= 0.3 is 6.18 Å². The van der Waals surface area contributed by atoms with Gasteiger partial charge in [0.05, 0.1) is 0 Å². The van der Waals surface area contributed by atoms with E-state index in [0.29, 0.717) is 5.02 Å². The van der Waals surface area contributed by atoms with Crippen LogP contribution < -0.4 is 0 Å². The number of hydrogen-bond acceptors (Lipinski definition) is 2. The maximum absolute atomic E-state index is 14.1. The van der Waals surface area contributed by atoms with E-state index >= 15 is 0 Å². The number of hydrogen-bond donors (Lipinski definition) is 1. The summed E-state index contributed by atoms with van der Waals surface area (Å²) in [6.45, 7) is 0. The number of aliphatic hydroxyl groups is 1. The number of rotatable bonds is 5. The Kier molecular flexibility index (Phi) is 5.02. The summed E-state index contributed by atoms with van der Waals surface area (Å²) in [5.41, 5.74) is -3.14. The lowest BCUT2D eigenvalue weighted by Gasteiger charge is -2.38. The Morgan fingerprint density at radius 1 is 1.20 bits per heavy atom. The topological polar surface area (TPSA) is 33.1 Å². The average Bonchev–Trinajstić information content (AvgIpc) is 3.36. The molecule has 0 radical (unpaired) electrons. The maximum Gasteiger partial charge on any atom is 0.422 e. The third kappa shape index (κ3) is 3.64. The van der Waals surface area contributed by atoms with Crippen LogP contribution in [-0.4, -0.2) is 16.3 Å². The van der Waals surface area contributed by atoms with Gasteiger partial charge < -0.3 is 5.11 Å². The van der Waals surface area contributed by atoms with Gasteiger partial charge in [-0.1, -0.05) is 48.2 Å². The van der Waals surface area contributed by atoms with Crippen LogP contribution in [0.15, 0.2) is 42.7 Å². The minimum Gasteiger partial charge on any atom is -0.376 e. The lowest BCUT2D eigenvalue weighted by molar-refractivity contribution is -0.277. The highest BCUT2D eigenvalue weighted by atomic mass is 35.5. The number of halogens is 5. The molecule has 0 aliphatic heterocycles. The van der Waals surface area contributed by atoms with Crippen molar-refractivity contribution in [3.05, 3.63) is 63.9 Å². The Bertz CT molecular complexity index is 750. The molecule has 3 rings (SSSR count). The molecule has 1 saturated carbocycles. The molecule has 0 amide bonds. The standard InChI is InChI=1S/C18H16Cl2F3NO/c19-13-5-6-14(16(20)9-13)15(8-11-3-4-11)17(25,18(21,22)23)12-2-1-7-24-10-12/h1-2,5-7,9-11,15,25H,3-4,8H2. The summed E-state index contributed by atoms with van der Waals surface area (Å²) in [6.07, 6.45) is -0.584. The van der Waals surface area contributed by atoms with Crippen molar-refractivity contribution < 1.29 is 18.3 Å². The SMILES string of the molecule is OC(c1cccnc1)(C(CC1CC1)c1ccc(Cl)cc1Cl)C(F)(F)F. The Morgan fingerprint density at radius 3 is 2.44 bits per heavy atom. The van der Waals surface area contributed by atoms with Crippen molar-refractivity contribution in [1.29, 1.82) is 0 Å². The van der Waals surface area contributed by atoms with Crippen LogP contribution in [0.4, 0.5) is 13.2 Å². The predicted octanol–water partition coefficient (Wildman–Crippen LogP) is 5.72. The van der Waals surface area contributed by atoms with Crippen LogP contribution >= 0.6 is 23.2 Å². The third-order valence-corrected chi connectivity index (χ3v) is 5.20. The van der Waals surface area contributed by atoms with Crippen molar-refractivity contribution >= 4 is 23.2 Å². The number of nitrogens with zero attached hydrogens (tertiary/aromatic N) is 1. The van der Waals surface area contributed by atoms with Gasteiger partial charge in [0.25, 0.3) is 0 Å². The summed E-state index contributed by atoms with van der Waals surface area (Å²) in [6, 6.07) is 6.97. The Morgan fingerprint density at radius 2 is 1.92 bits per heavy atom. The monoisotopic (exact) mass is 389 g/mol. The van der Waals surface area contributed by atoms with E-state index in [1.165, 1.54) is 36.5 Å². The lowest BCUT2D eigenvalue weighted by Crippen LogP contribution is -2.47. The molecule has 1 aliphatic carbocycles. The summed E-state index contributed by atoms with van der Waals surface area (Å²) in [5, 5.41) is 11.4. The van der Waals surface area contributed by atoms with E-state index in [-0.39, 0.29) is 28.5 Å². The van der Waals surface area contributed by atoms with Crippen LogP contribution in [0.3, 0.4) is 0 Å². The Balaban J connectivity index is 2.17. The van der Waals surface area contributed by atoms with Gasteiger partial charge in [-0.2, -0.15) is 13.2 Å². The zero-order valence-electron chi connectivity index (χ0n) is 13.1. The molecule has 0 saturated heterocycles. The van der Waals surface area contributed by atoms with Gasteiger partial charge in [-0.3, -0.25) is 4.98 Å². The van der Waals surface area contributed by atoms with Gasteiger partial charge in [0.15, 0.2) is 5.60 Å². The predicted molar refractivity (Wildman–Crippen MR) is 90.7 cm³/mol. The quantitative estimate of drug-likeness (QED) is 0.708. The second kappa shape index (κ2) is 6.78. The minimum atomic E-state index is -4.89. The normalized spacial score (nSPS) is 18.6. The van der Waals surface area contributed by atoms with Crippen LogP contribution in [-0.2, 0) is 5.60 Å². The Hall–Kier alpha value is -1.30. The highest BCUT2D eigenvalue weighted by molar-refractivity contribution is 6.35. The van der Waals surface area contributed by atoms with Crippen LogP contribution in [0.1, 0.15) is 36.3 Å². The molecule has 7 heteroatoms. The largest absolute Gasteiger partial charge is 0.422 e. The molecule has 2 aromatic rings. The summed E-state index contributed by atoms with van der Waals surface area (Å²) in [5.74, 6) is -1.10. The minimum absolute atomic E-state index is 0.115. The van der Waals surface area contributed by atoms with E-state index in [1.807, 2.05) is 0 Å². The zero-order chi connectivity index (χ0) is 18.2. The van der Waals surface area contributed by atoms with E-state index in [2.05, 4.69) is 4.98 Å². The summed E-state index contributed by atoms with van der Waals surface area (Å²) >= 11 is 12.1. The average molecular weight is 390 g/mol. The number of benzene rings is 1. The summed E-state index contributed by atoms with van der Waals surface area (Å²) in [4.78, 5) is 3.76. The summed E-state index contributed by atoms with van der Waals surface area (Å²) in [7, 11) is 0. The van der Waals surface area contributed by atoms with Gasteiger partial charge in [-0.25, -0.2) is 0 Å². The highest BCUT2D eigenvalue weighted by Crippen LogP contribution is 2.54. The zero-order valence-corrected chi connectivity index (χ0v) is 14.6. The van der Waals surface area contributed by atoms with E-state index in [1.54, 1.807) is 0 Å². The second-order valence-corrected chi connectivity index (χ2v) is 7.25. The fraction of sp³-hybridized carbons (Fsp3) is 0.389. The first-order valence-electron chi connectivity index (χ1n) is 7.88. The van der Waals surface area contributed by atoms with Crippen LogP contribution in [0, 0.1) is 5.92 Å². The summed E-state index contributed by atoms with van der Waals surface area (Å²) < 4.78 is 42.2. The van der Waals surface area contributed by atoms with E-state index < -0.39 is 17.7 Å². The third-order valence-electron chi connectivity index (χ3n) is 4.64. The van der Waals surface area contributed by atoms with E-state index in [4.69, 9.17) is 23.2 Å². The van der Waals surface area contributed by atoms with Crippen molar-refractivity contribution in [1.82, 2.24) is 4.98 Å². The van der Waals surface area contributed by atoms with Gasteiger partial charge in [0.1, 0.15) is 0 Å². The highest BCUT2D eigenvalue weighted by Gasteiger charge is 2.61. The molecule has 25 heavy (non-hydrogen) atoms. The number of aromatic nitrogens is 1. The molecule has 2 unspecified atom stereocenters. The fourth-order valence-corrected chi connectivity index (χ4v) is 3.68. The molecule has 1 aromatic carbocycles. The maximum atomic E-state index is 14.1. The first-order chi connectivity index (χ1) is 11.7. The van der Waals surface area contributed by atoms with Crippen LogP contribution in [0.2, 0.25) is 10.0 Å². The molecular weight excluding hydrogens is 374 g/mol. The van der Waals surface area contributed by atoms with Crippen molar-refractivity contribution in [2.45, 2.75) is 37.0 Å². The molecule has 1 aliphatic rings.